The van der Waals surface area contributed by atoms with E-state index in [4.69, 9.17) is 14.6 Å². The monoisotopic (exact) mass is 311 g/mol. The molecule has 1 aliphatic carbocycles. The number of ether oxygens (including phenoxy) is 2. The zero-order chi connectivity index (χ0) is 16.2. The maximum absolute atomic E-state index is 13.7. The Balaban J connectivity index is 2.02. The average molecular weight is 311 g/mol. The molecule has 1 amide bonds. The second kappa shape index (κ2) is 6.85. The number of hydrogen-bond acceptors (Lipinski definition) is 4. The molecule has 0 bridgehead atoms. The fourth-order valence-electron chi connectivity index (χ4n) is 1.96. The van der Waals surface area contributed by atoms with E-state index in [1.807, 2.05) is 0 Å². The fraction of sp³-hybridized carbons (Fsp3) is 0.467. The lowest BCUT2D eigenvalue weighted by Gasteiger charge is -2.13. The predicted molar refractivity (Wildman–Crippen MR) is 75.0 cm³/mol. The highest BCUT2D eigenvalue weighted by Crippen LogP contribution is 2.35. The first-order chi connectivity index (χ1) is 10.5. The summed E-state index contributed by atoms with van der Waals surface area (Å²) in [5, 5.41) is 11.5. The largest absolute Gasteiger partial charge is 0.480 e. The molecule has 1 aromatic carbocycles. The molecule has 1 aliphatic rings. The zero-order valence-electron chi connectivity index (χ0n) is 12.2. The Bertz CT molecular complexity index is 571. The number of aliphatic carboxylic acids is 1. The van der Waals surface area contributed by atoms with Crippen LogP contribution in [0.25, 0.3) is 0 Å². The number of carbonyl (C=O) groups excluding carboxylic acids is 1. The summed E-state index contributed by atoms with van der Waals surface area (Å²) < 4.78 is 23.7. The van der Waals surface area contributed by atoms with Gasteiger partial charge in [-0.15, -0.1) is 0 Å². The number of carboxylic acid groups (broad SMARTS) is 1. The van der Waals surface area contributed by atoms with Crippen molar-refractivity contribution < 1.29 is 28.6 Å². The molecule has 0 saturated heterocycles. The van der Waals surface area contributed by atoms with Gasteiger partial charge in [-0.2, -0.15) is 0 Å². The maximum Gasteiger partial charge on any atom is 0.329 e. The second-order valence-electron chi connectivity index (χ2n) is 5.19. The number of halogens is 1. The Labute approximate surface area is 127 Å². The first kappa shape index (κ1) is 16.4. The SMILES string of the molecule is COCCOCc1cc(C(=O)NC2(C(=O)O)CC2)ccc1F. The van der Waals surface area contributed by atoms with Crippen molar-refractivity contribution in [2.24, 2.45) is 0 Å². The minimum absolute atomic E-state index is 0.0143. The first-order valence-corrected chi connectivity index (χ1v) is 6.89. The Hall–Kier alpha value is -1.99. The van der Waals surface area contributed by atoms with Gasteiger partial charge in [-0.1, -0.05) is 0 Å². The van der Waals surface area contributed by atoms with Crippen molar-refractivity contribution in [1.82, 2.24) is 5.32 Å². The van der Waals surface area contributed by atoms with Crippen LogP contribution in [0.3, 0.4) is 0 Å². The van der Waals surface area contributed by atoms with Gasteiger partial charge in [0.2, 0.25) is 0 Å². The summed E-state index contributed by atoms with van der Waals surface area (Å²) in [6, 6.07) is 3.86. The van der Waals surface area contributed by atoms with E-state index in [2.05, 4.69) is 5.32 Å². The van der Waals surface area contributed by atoms with Crippen molar-refractivity contribution in [3.63, 3.8) is 0 Å². The smallest absolute Gasteiger partial charge is 0.329 e. The van der Waals surface area contributed by atoms with Gasteiger partial charge in [-0.05, 0) is 31.0 Å². The van der Waals surface area contributed by atoms with Crippen molar-refractivity contribution in [3.8, 4) is 0 Å². The van der Waals surface area contributed by atoms with E-state index >= 15 is 0 Å². The predicted octanol–water partition coefficient (Wildman–Crippen LogP) is 1.34. The van der Waals surface area contributed by atoms with Crippen LogP contribution in [0.15, 0.2) is 18.2 Å². The number of carbonyl (C=O) groups is 2. The number of amides is 1. The molecule has 2 rings (SSSR count). The fourth-order valence-corrected chi connectivity index (χ4v) is 1.96. The van der Waals surface area contributed by atoms with Crippen LogP contribution in [-0.2, 0) is 20.9 Å². The molecule has 0 unspecified atom stereocenters. The molecule has 120 valence electrons. The lowest BCUT2D eigenvalue weighted by molar-refractivity contribution is -0.140. The van der Waals surface area contributed by atoms with E-state index < -0.39 is 23.2 Å². The van der Waals surface area contributed by atoms with E-state index in [0.717, 1.165) is 0 Å². The van der Waals surface area contributed by atoms with Gasteiger partial charge in [0.1, 0.15) is 11.4 Å². The molecule has 1 saturated carbocycles. The zero-order valence-corrected chi connectivity index (χ0v) is 12.2. The number of carboxylic acids is 1. The summed E-state index contributed by atoms with van der Waals surface area (Å²) in [6.45, 7) is 0.720. The van der Waals surface area contributed by atoms with E-state index in [-0.39, 0.29) is 17.7 Å². The molecule has 0 aliphatic heterocycles. The standard InChI is InChI=1S/C15H18FNO5/c1-21-6-7-22-9-11-8-10(2-3-12(11)16)13(18)17-15(4-5-15)14(19)20/h2-3,8H,4-7,9H2,1H3,(H,17,18)(H,19,20). The summed E-state index contributed by atoms with van der Waals surface area (Å²) in [7, 11) is 1.53. The number of benzene rings is 1. The molecule has 0 aromatic heterocycles. The minimum Gasteiger partial charge on any atom is -0.480 e. The number of hydrogen-bond donors (Lipinski definition) is 2. The summed E-state index contributed by atoms with van der Waals surface area (Å²) >= 11 is 0. The second-order valence-corrected chi connectivity index (χ2v) is 5.19. The highest BCUT2D eigenvalue weighted by molar-refractivity contribution is 5.99. The Morgan fingerprint density at radius 3 is 2.68 bits per heavy atom. The van der Waals surface area contributed by atoms with E-state index in [0.29, 0.717) is 26.1 Å². The van der Waals surface area contributed by atoms with E-state index in [1.54, 1.807) is 0 Å². The van der Waals surface area contributed by atoms with Gasteiger partial charge < -0.3 is 19.9 Å². The summed E-state index contributed by atoms with van der Waals surface area (Å²) in [4.78, 5) is 23.2. The molecule has 22 heavy (non-hydrogen) atoms. The quantitative estimate of drug-likeness (QED) is 0.708. The molecule has 6 nitrogen and oxygen atoms in total. The summed E-state index contributed by atoms with van der Waals surface area (Å²) in [5.41, 5.74) is -0.719. The van der Waals surface area contributed by atoms with Gasteiger partial charge in [0.05, 0.1) is 19.8 Å². The molecule has 1 fully saturated rings. The summed E-state index contributed by atoms with van der Waals surface area (Å²) in [6.07, 6.45) is 0.810. The Morgan fingerprint density at radius 2 is 2.09 bits per heavy atom. The highest BCUT2D eigenvalue weighted by atomic mass is 19.1. The molecule has 0 heterocycles. The highest BCUT2D eigenvalue weighted by Gasteiger charge is 2.51. The molecule has 0 spiro atoms. The van der Waals surface area contributed by atoms with Crippen molar-refractivity contribution in [2.45, 2.75) is 25.0 Å². The third kappa shape index (κ3) is 3.80. The Kier molecular flexibility index (Phi) is 5.10. The van der Waals surface area contributed by atoms with Crippen LogP contribution in [0.5, 0.6) is 0 Å². The first-order valence-electron chi connectivity index (χ1n) is 6.89. The van der Waals surface area contributed by atoms with Gasteiger partial charge in [0.25, 0.3) is 5.91 Å². The van der Waals surface area contributed by atoms with E-state index in [1.165, 1.54) is 25.3 Å². The summed E-state index contributed by atoms with van der Waals surface area (Å²) in [5.74, 6) is -2.06. The Morgan fingerprint density at radius 1 is 1.36 bits per heavy atom. The van der Waals surface area contributed by atoms with Crippen LogP contribution < -0.4 is 5.32 Å². The average Bonchev–Trinajstić information content (AvgIpc) is 3.26. The van der Waals surface area contributed by atoms with Crippen LogP contribution >= 0.6 is 0 Å². The van der Waals surface area contributed by atoms with Crippen molar-refractivity contribution in [3.05, 3.63) is 35.1 Å². The topological polar surface area (TPSA) is 84.9 Å². The van der Waals surface area contributed by atoms with Gasteiger partial charge in [0, 0.05) is 18.2 Å². The lowest BCUT2D eigenvalue weighted by atomic mass is 10.1. The van der Waals surface area contributed by atoms with Gasteiger partial charge in [-0.3, -0.25) is 4.79 Å². The van der Waals surface area contributed by atoms with Gasteiger partial charge >= 0.3 is 5.97 Å². The molecular weight excluding hydrogens is 293 g/mol. The van der Waals surface area contributed by atoms with Gasteiger partial charge in [-0.25, -0.2) is 9.18 Å². The third-order valence-electron chi connectivity index (χ3n) is 3.51. The minimum atomic E-state index is -1.17. The molecule has 7 heteroatoms. The van der Waals surface area contributed by atoms with Crippen LogP contribution in [0.1, 0.15) is 28.8 Å². The normalized spacial score (nSPS) is 15.4. The van der Waals surface area contributed by atoms with E-state index in [9.17, 15) is 14.0 Å². The third-order valence-corrected chi connectivity index (χ3v) is 3.51. The van der Waals surface area contributed by atoms with Crippen molar-refractivity contribution in [2.75, 3.05) is 20.3 Å². The molecule has 0 radical (unpaired) electrons. The molecule has 1 aromatic rings. The van der Waals surface area contributed by atoms with Crippen molar-refractivity contribution >= 4 is 11.9 Å². The number of methoxy groups -OCH3 is 1. The molecular formula is C15H18FNO5. The van der Waals surface area contributed by atoms with Crippen LogP contribution in [0.2, 0.25) is 0 Å². The van der Waals surface area contributed by atoms with Crippen LogP contribution in [0, 0.1) is 5.82 Å². The molecule has 0 atom stereocenters. The lowest BCUT2D eigenvalue weighted by Crippen LogP contribution is -2.43. The van der Waals surface area contributed by atoms with Gasteiger partial charge in [0.15, 0.2) is 0 Å². The molecule has 2 N–H and O–H groups in total. The van der Waals surface area contributed by atoms with Crippen LogP contribution in [-0.4, -0.2) is 42.8 Å². The number of rotatable bonds is 8. The van der Waals surface area contributed by atoms with Crippen molar-refractivity contribution in [1.29, 1.82) is 0 Å². The number of nitrogens with one attached hydrogen (secondary N) is 1. The van der Waals surface area contributed by atoms with Crippen LogP contribution in [0.4, 0.5) is 4.39 Å². The maximum atomic E-state index is 13.7.